The molecule has 2 bridgehead atoms. The van der Waals surface area contributed by atoms with Gasteiger partial charge in [0.05, 0.1) is 6.10 Å². The van der Waals surface area contributed by atoms with Crippen LogP contribution in [0, 0.1) is 0 Å². The molecule has 0 aliphatic carbocycles. The third-order valence-corrected chi connectivity index (χ3v) is 7.93. The van der Waals surface area contributed by atoms with Crippen LogP contribution in [0.2, 0.25) is 0 Å². The Balaban J connectivity index is 1.08. The van der Waals surface area contributed by atoms with Gasteiger partial charge in [-0.1, -0.05) is 36.9 Å². The SMILES string of the molecule is C=C1c2ccc(N3CC4CC3CN4)cc2CCN1C[C@H](O)CN1CCc2ccccc2C1. The summed E-state index contributed by atoms with van der Waals surface area (Å²) in [7, 11) is 0. The van der Waals surface area contributed by atoms with Crippen molar-refractivity contribution in [1.29, 1.82) is 0 Å². The van der Waals surface area contributed by atoms with E-state index in [4.69, 9.17) is 0 Å². The number of nitrogens with zero attached hydrogens (tertiary/aromatic N) is 3. The van der Waals surface area contributed by atoms with Crippen molar-refractivity contribution in [2.45, 2.75) is 44.0 Å². The molecule has 2 unspecified atom stereocenters. The summed E-state index contributed by atoms with van der Waals surface area (Å²) in [6.45, 7) is 10.9. The van der Waals surface area contributed by atoms with Gasteiger partial charge in [0.15, 0.2) is 0 Å². The Morgan fingerprint density at radius 2 is 1.88 bits per heavy atom. The number of anilines is 1. The highest BCUT2D eigenvalue weighted by Crippen LogP contribution is 2.34. The first-order valence-corrected chi connectivity index (χ1v) is 12.2. The minimum atomic E-state index is -0.370. The first-order valence-electron chi connectivity index (χ1n) is 12.2. The van der Waals surface area contributed by atoms with Crippen molar-refractivity contribution >= 4 is 11.4 Å². The Morgan fingerprint density at radius 3 is 2.69 bits per heavy atom. The van der Waals surface area contributed by atoms with Crippen molar-refractivity contribution in [3.05, 3.63) is 71.3 Å². The smallest absolute Gasteiger partial charge is 0.0841 e. The van der Waals surface area contributed by atoms with E-state index in [0.717, 1.165) is 57.8 Å². The number of fused-ring (bicyclic) bond motifs is 4. The quantitative estimate of drug-likeness (QED) is 0.763. The Bertz CT molecular complexity index is 1020. The molecule has 0 saturated carbocycles. The van der Waals surface area contributed by atoms with Crippen LogP contribution in [0.3, 0.4) is 0 Å². The molecule has 2 N–H and O–H groups in total. The number of aliphatic hydroxyl groups excluding tert-OH is 1. The van der Waals surface area contributed by atoms with E-state index in [-0.39, 0.29) is 6.10 Å². The molecule has 0 aromatic heterocycles. The third kappa shape index (κ3) is 3.72. The van der Waals surface area contributed by atoms with E-state index in [1.54, 1.807) is 0 Å². The van der Waals surface area contributed by atoms with Crippen LogP contribution in [0.4, 0.5) is 5.69 Å². The molecule has 2 fully saturated rings. The van der Waals surface area contributed by atoms with Gasteiger partial charge in [0.25, 0.3) is 0 Å². The number of hydrogen-bond donors (Lipinski definition) is 2. The molecule has 5 heteroatoms. The molecule has 2 saturated heterocycles. The summed E-state index contributed by atoms with van der Waals surface area (Å²) in [5.74, 6) is 0. The highest BCUT2D eigenvalue weighted by atomic mass is 16.3. The Kier molecular flexibility index (Phi) is 5.21. The average molecular weight is 431 g/mol. The number of nitrogens with one attached hydrogen (secondary N) is 1. The van der Waals surface area contributed by atoms with Crippen LogP contribution in [0.1, 0.15) is 28.7 Å². The zero-order valence-electron chi connectivity index (χ0n) is 18.8. The monoisotopic (exact) mass is 430 g/mol. The fourth-order valence-electron chi connectivity index (χ4n) is 6.21. The van der Waals surface area contributed by atoms with Crippen LogP contribution in [0.15, 0.2) is 49.0 Å². The minimum absolute atomic E-state index is 0.370. The number of hydrogen-bond acceptors (Lipinski definition) is 5. The van der Waals surface area contributed by atoms with Crippen LogP contribution in [0.25, 0.3) is 5.70 Å². The summed E-state index contributed by atoms with van der Waals surface area (Å²) in [6.07, 6.45) is 3.00. The summed E-state index contributed by atoms with van der Waals surface area (Å²) in [6, 6.07) is 16.9. The zero-order chi connectivity index (χ0) is 21.7. The number of rotatable bonds is 5. The van der Waals surface area contributed by atoms with Gasteiger partial charge in [-0.25, -0.2) is 0 Å². The van der Waals surface area contributed by atoms with Gasteiger partial charge >= 0.3 is 0 Å². The van der Waals surface area contributed by atoms with Crippen LogP contribution in [-0.4, -0.2) is 72.4 Å². The second-order valence-electron chi connectivity index (χ2n) is 10.0. The van der Waals surface area contributed by atoms with Crippen molar-refractivity contribution in [3.8, 4) is 0 Å². The van der Waals surface area contributed by atoms with Gasteiger partial charge in [-0.2, -0.15) is 0 Å². The van der Waals surface area contributed by atoms with Crippen molar-refractivity contribution < 1.29 is 5.11 Å². The first kappa shape index (κ1) is 20.3. The molecule has 2 aromatic rings. The van der Waals surface area contributed by atoms with Gasteiger partial charge in [0, 0.05) is 74.8 Å². The van der Waals surface area contributed by atoms with Crippen LogP contribution >= 0.6 is 0 Å². The molecule has 4 aliphatic heterocycles. The average Bonchev–Trinajstić information content (AvgIpc) is 3.45. The van der Waals surface area contributed by atoms with Crippen LogP contribution < -0.4 is 10.2 Å². The summed E-state index contributed by atoms with van der Waals surface area (Å²) >= 11 is 0. The molecule has 2 aromatic carbocycles. The molecule has 168 valence electrons. The van der Waals surface area contributed by atoms with Gasteiger partial charge in [-0.05, 0) is 48.1 Å². The predicted molar refractivity (Wildman–Crippen MR) is 130 cm³/mol. The second-order valence-corrected chi connectivity index (χ2v) is 10.0. The highest BCUT2D eigenvalue weighted by molar-refractivity contribution is 5.70. The molecule has 0 radical (unpaired) electrons. The molecule has 3 atom stereocenters. The lowest BCUT2D eigenvalue weighted by atomic mass is 9.95. The summed E-state index contributed by atoms with van der Waals surface area (Å²) in [5, 5.41) is 14.5. The van der Waals surface area contributed by atoms with Crippen molar-refractivity contribution in [1.82, 2.24) is 15.1 Å². The maximum Gasteiger partial charge on any atom is 0.0841 e. The summed E-state index contributed by atoms with van der Waals surface area (Å²) in [4.78, 5) is 7.25. The van der Waals surface area contributed by atoms with E-state index >= 15 is 0 Å². The van der Waals surface area contributed by atoms with Gasteiger partial charge in [-0.15, -0.1) is 0 Å². The Morgan fingerprint density at radius 1 is 1.03 bits per heavy atom. The van der Waals surface area contributed by atoms with E-state index in [1.165, 1.54) is 34.4 Å². The van der Waals surface area contributed by atoms with Crippen molar-refractivity contribution in [2.24, 2.45) is 0 Å². The molecule has 4 heterocycles. The van der Waals surface area contributed by atoms with Gasteiger partial charge < -0.3 is 20.2 Å². The number of aliphatic hydroxyl groups is 1. The molecular weight excluding hydrogens is 396 g/mol. The topological polar surface area (TPSA) is 42.0 Å². The van der Waals surface area contributed by atoms with E-state index in [0.29, 0.717) is 18.6 Å². The minimum Gasteiger partial charge on any atom is -0.390 e. The van der Waals surface area contributed by atoms with Gasteiger partial charge in [-0.3, -0.25) is 4.90 Å². The molecule has 32 heavy (non-hydrogen) atoms. The summed E-state index contributed by atoms with van der Waals surface area (Å²) < 4.78 is 0. The Labute approximate surface area is 191 Å². The van der Waals surface area contributed by atoms with Crippen LogP contribution in [0.5, 0.6) is 0 Å². The lowest BCUT2D eigenvalue weighted by Gasteiger charge is -2.37. The maximum absolute atomic E-state index is 10.9. The zero-order valence-corrected chi connectivity index (χ0v) is 18.8. The molecule has 5 nitrogen and oxygen atoms in total. The lowest BCUT2D eigenvalue weighted by molar-refractivity contribution is 0.0840. The largest absolute Gasteiger partial charge is 0.390 e. The molecule has 6 rings (SSSR count). The van der Waals surface area contributed by atoms with E-state index in [1.807, 2.05) is 0 Å². The number of benzene rings is 2. The van der Waals surface area contributed by atoms with Crippen molar-refractivity contribution in [2.75, 3.05) is 44.2 Å². The molecule has 4 aliphatic rings. The maximum atomic E-state index is 10.9. The van der Waals surface area contributed by atoms with Crippen LogP contribution in [-0.2, 0) is 19.4 Å². The Hall–Kier alpha value is -2.34. The first-order chi connectivity index (χ1) is 15.6. The third-order valence-electron chi connectivity index (χ3n) is 7.93. The molecular formula is C27H34N4O. The molecule has 0 spiro atoms. The highest BCUT2D eigenvalue weighted by Gasteiger charge is 2.38. The summed E-state index contributed by atoms with van der Waals surface area (Å²) in [5.41, 5.74) is 7.94. The number of piperazine rings is 1. The van der Waals surface area contributed by atoms with E-state index < -0.39 is 0 Å². The molecule has 0 amide bonds. The fraction of sp³-hybridized carbons (Fsp3) is 0.481. The standard InChI is InChI=1S/C27H34N4O/c1-19-27-7-6-24(31-16-23-13-25(31)14-28-23)12-21(27)9-11-30(19)18-26(32)17-29-10-8-20-4-2-3-5-22(20)15-29/h2-7,12,23,25-26,28,32H,1,8-11,13-18H2/t23?,25?,26-/m1/s1. The number of β-amino-alcohol motifs (C(OH)–C–C–N with tert-alkyl or cyclic N) is 1. The van der Waals surface area contributed by atoms with E-state index in [9.17, 15) is 5.11 Å². The normalized spacial score (nSPS) is 25.7. The van der Waals surface area contributed by atoms with Crippen molar-refractivity contribution in [3.63, 3.8) is 0 Å². The predicted octanol–water partition coefficient (Wildman–Crippen LogP) is 2.49. The van der Waals surface area contributed by atoms with Gasteiger partial charge in [0.1, 0.15) is 0 Å². The second kappa shape index (κ2) is 8.22. The van der Waals surface area contributed by atoms with Gasteiger partial charge in [0.2, 0.25) is 0 Å². The fourth-order valence-corrected chi connectivity index (χ4v) is 6.21. The van der Waals surface area contributed by atoms with E-state index in [2.05, 4.69) is 69.1 Å². The lowest BCUT2D eigenvalue weighted by Crippen LogP contribution is -2.44.